The van der Waals surface area contributed by atoms with E-state index in [1.807, 2.05) is 30.3 Å². The first kappa shape index (κ1) is 11.9. The number of carbonyl (C=O) groups excluding carboxylic acids is 1. The van der Waals surface area contributed by atoms with Crippen LogP contribution in [0.1, 0.15) is 13.8 Å². The Kier molecular flexibility index (Phi) is 3.07. The average molecular weight is 233 g/mol. The number of amides is 2. The fourth-order valence-electron chi connectivity index (χ4n) is 1.90. The summed E-state index contributed by atoms with van der Waals surface area (Å²) in [5.41, 5.74) is 6.75. The van der Waals surface area contributed by atoms with E-state index in [-0.39, 0.29) is 11.6 Å². The van der Waals surface area contributed by atoms with Gasteiger partial charge in [0.1, 0.15) is 0 Å². The van der Waals surface area contributed by atoms with Crippen molar-refractivity contribution in [3.63, 3.8) is 0 Å². The molecule has 0 atom stereocenters. The SMILES string of the molecule is CC(C)C1(N)CN(C(=O)Nc2ccccc2)C1. The first-order valence-corrected chi connectivity index (χ1v) is 5.91. The summed E-state index contributed by atoms with van der Waals surface area (Å²) in [6.07, 6.45) is 0. The molecular weight excluding hydrogens is 214 g/mol. The fourth-order valence-corrected chi connectivity index (χ4v) is 1.90. The number of para-hydroxylation sites is 1. The highest BCUT2D eigenvalue weighted by atomic mass is 16.2. The number of likely N-dealkylation sites (tertiary alicyclic amines) is 1. The number of hydrogen-bond acceptors (Lipinski definition) is 2. The van der Waals surface area contributed by atoms with Gasteiger partial charge in [0.15, 0.2) is 0 Å². The Morgan fingerprint density at radius 3 is 2.47 bits per heavy atom. The molecule has 0 aromatic heterocycles. The molecule has 4 nitrogen and oxygen atoms in total. The van der Waals surface area contributed by atoms with Gasteiger partial charge in [-0.2, -0.15) is 0 Å². The van der Waals surface area contributed by atoms with Gasteiger partial charge in [0.05, 0.1) is 5.54 Å². The van der Waals surface area contributed by atoms with Crippen LogP contribution in [0.5, 0.6) is 0 Å². The van der Waals surface area contributed by atoms with Gasteiger partial charge < -0.3 is 16.0 Å². The van der Waals surface area contributed by atoms with Crippen LogP contribution >= 0.6 is 0 Å². The van der Waals surface area contributed by atoms with E-state index >= 15 is 0 Å². The van der Waals surface area contributed by atoms with Crippen molar-refractivity contribution in [2.75, 3.05) is 18.4 Å². The lowest BCUT2D eigenvalue weighted by molar-refractivity contribution is 0.0721. The molecule has 1 aliphatic rings. The van der Waals surface area contributed by atoms with E-state index in [1.54, 1.807) is 4.90 Å². The predicted octanol–water partition coefficient (Wildman–Crippen LogP) is 1.89. The number of anilines is 1. The van der Waals surface area contributed by atoms with Gasteiger partial charge >= 0.3 is 6.03 Å². The highest BCUT2D eigenvalue weighted by molar-refractivity contribution is 5.90. The lowest BCUT2D eigenvalue weighted by Crippen LogP contribution is -2.71. The van der Waals surface area contributed by atoms with Crippen molar-refractivity contribution in [2.45, 2.75) is 19.4 Å². The summed E-state index contributed by atoms with van der Waals surface area (Å²) in [6, 6.07) is 9.38. The van der Waals surface area contributed by atoms with E-state index < -0.39 is 0 Å². The lowest BCUT2D eigenvalue weighted by Gasteiger charge is -2.50. The Balaban J connectivity index is 1.88. The third kappa shape index (κ3) is 2.42. The summed E-state index contributed by atoms with van der Waals surface area (Å²) in [5, 5.41) is 2.85. The minimum atomic E-state index is -0.214. The summed E-state index contributed by atoms with van der Waals surface area (Å²) in [4.78, 5) is 13.6. The minimum Gasteiger partial charge on any atom is -0.322 e. The monoisotopic (exact) mass is 233 g/mol. The molecule has 0 saturated carbocycles. The molecule has 1 saturated heterocycles. The number of rotatable bonds is 2. The highest BCUT2D eigenvalue weighted by Gasteiger charge is 2.44. The van der Waals surface area contributed by atoms with Crippen LogP contribution in [-0.2, 0) is 0 Å². The van der Waals surface area contributed by atoms with Gasteiger partial charge in [-0.1, -0.05) is 32.0 Å². The molecule has 4 heteroatoms. The molecule has 0 bridgehead atoms. The van der Waals surface area contributed by atoms with Gasteiger partial charge in [0.2, 0.25) is 0 Å². The van der Waals surface area contributed by atoms with E-state index in [1.165, 1.54) is 0 Å². The summed E-state index contributed by atoms with van der Waals surface area (Å²) < 4.78 is 0. The second-order valence-electron chi connectivity index (χ2n) is 5.04. The zero-order valence-corrected chi connectivity index (χ0v) is 10.3. The van der Waals surface area contributed by atoms with E-state index in [2.05, 4.69) is 19.2 Å². The topological polar surface area (TPSA) is 58.4 Å². The van der Waals surface area contributed by atoms with Crippen LogP contribution in [-0.4, -0.2) is 29.6 Å². The third-order valence-corrected chi connectivity index (χ3v) is 3.43. The number of carbonyl (C=O) groups is 1. The highest BCUT2D eigenvalue weighted by Crippen LogP contribution is 2.26. The molecule has 1 aliphatic heterocycles. The number of benzene rings is 1. The maximum Gasteiger partial charge on any atom is 0.321 e. The molecule has 0 unspecified atom stereocenters. The van der Waals surface area contributed by atoms with Crippen LogP contribution < -0.4 is 11.1 Å². The Morgan fingerprint density at radius 1 is 1.35 bits per heavy atom. The molecule has 1 fully saturated rings. The van der Waals surface area contributed by atoms with Crippen LogP contribution in [0.4, 0.5) is 10.5 Å². The molecule has 2 amide bonds. The van der Waals surface area contributed by atoms with Crippen LogP contribution in [0.15, 0.2) is 30.3 Å². The smallest absolute Gasteiger partial charge is 0.321 e. The first-order chi connectivity index (χ1) is 8.01. The first-order valence-electron chi connectivity index (χ1n) is 5.91. The molecule has 0 aliphatic carbocycles. The second-order valence-corrected chi connectivity index (χ2v) is 5.04. The molecule has 1 heterocycles. The zero-order chi connectivity index (χ0) is 12.5. The van der Waals surface area contributed by atoms with Gasteiger partial charge in [-0.15, -0.1) is 0 Å². The van der Waals surface area contributed by atoms with Crippen molar-refractivity contribution in [2.24, 2.45) is 11.7 Å². The standard InChI is InChI=1S/C13H19N3O/c1-10(2)13(14)8-16(9-13)12(17)15-11-6-4-3-5-7-11/h3-7,10H,8-9,14H2,1-2H3,(H,15,17). The van der Waals surface area contributed by atoms with Gasteiger partial charge in [-0.3, -0.25) is 0 Å². The van der Waals surface area contributed by atoms with Crippen LogP contribution in [0.2, 0.25) is 0 Å². The van der Waals surface area contributed by atoms with Crippen molar-refractivity contribution in [1.29, 1.82) is 0 Å². The average Bonchev–Trinajstić information content (AvgIpc) is 2.25. The number of nitrogens with two attached hydrogens (primary N) is 1. The largest absolute Gasteiger partial charge is 0.322 e. The molecule has 0 spiro atoms. The van der Waals surface area contributed by atoms with E-state index in [0.29, 0.717) is 19.0 Å². The maximum atomic E-state index is 11.9. The molecule has 1 aromatic carbocycles. The Bertz CT molecular complexity index is 396. The Hall–Kier alpha value is -1.55. The van der Waals surface area contributed by atoms with Crippen molar-refractivity contribution in [3.8, 4) is 0 Å². The van der Waals surface area contributed by atoms with Crippen LogP contribution in [0.3, 0.4) is 0 Å². The number of hydrogen-bond donors (Lipinski definition) is 2. The predicted molar refractivity (Wildman–Crippen MR) is 68.8 cm³/mol. The molecule has 92 valence electrons. The van der Waals surface area contributed by atoms with E-state index in [4.69, 9.17) is 5.73 Å². The van der Waals surface area contributed by atoms with Gasteiger partial charge in [0.25, 0.3) is 0 Å². The molecule has 2 rings (SSSR count). The van der Waals surface area contributed by atoms with Crippen LogP contribution in [0.25, 0.3) is 0 Å². The molecular formula is C13H19N3O. The van der Waals surface area contributed by atoms with Crippen molar-refractivity contribution >= 4 is 11.7 Å². The molecule has 17 heavy (non-hydrogen) atoms. The van der Waals surface area contributed by atoms with E-state index in [9.17, 15) is 4.79 Å². The lowest BCUT2D eigenvalue weighted by atomic mass is 9.80. The quantitative estimate of drug-likeness (QED) is 0.819. The summed E-state index contributed by atoms with van der Waals surface area (Å²) in [7, 11) is 0. The van der Waals surface area contributed by atoms with Gasteiger partial charge in [-0.25, -0.2) is 4.79 Å². The maximum absolute atomic E-state index is 11.9. The van der Waals surface area contributed by atoms with Crippen molar-refractivity contribution in [3.05, 3.63) is 30.3 Å². The molecule has 1 aromatic rings. The Labute approximate surface area is 102 Å². The fraction of sp³-hybridized carbons (Fsp3) is 0.462. The minimum absolute atomic E-state index is 0.0714. The van der Waals surface area contributed by atoms with Gasteiger partial charge in [-0.05, 0) is 18.1 Å². The summed E-state index contributed by atoms with van der Waals surface area (Å²) in [6.45, 7) is 5.44. The molecule has 0 radical (unpaired) electrons. The zero-order valence-electron chi connectivity index (χ0n) is 10.3. The third-order valence-electron chi connectivity index (χ3n) is 3.43. The number of nitrogens with one attached hydrogen (secondary N) is 1. The normalized spacial score (nSPS) is 17.8. The Morgan fingerprint density at radius 2 is 1.94 bits per heavy atom. The van der Waals surface area contributed by atoms with Crippen LogP contribution in [0, 0.1) is 5.92 Å². The summed E-state index contributed by atoms with van der Waals surface area (Å²) in [5.74, 6) is 0.392. The van der Waals surface area contributed by atoms with E-state index in [0.717, 1.165) is 5.69 Å². The molecule has 3 N–H and O–H groups in total. The van der Waals surface area contributed by atoms with Crippen molar-refractivity contribution in [1.82, 2.24) is 4.90 Å². The number of urea groups is 1. The second kappa shape index (κ2) is 4.37. The summed E-state index contributed by atoms with van der Waals surface area (Å²) >= 11 is 0. The number of nitrogens with zero attached hydrogens (tertiary/aromatic N) is 1. The van der Waals surface area contributed by atoms with Crippen molar-refractivity contribution < 1.29 is 4.79 Å². The van der Waals surface area contributed by atoms with Gasteiger partial charge in [0, 0.05) is 18.8 Å².